The summed E-state index contributed by atoms with van der Waals surface area (Å²) in [5.74, 6) is 2.70. The fraction of sp³-hybridized carbons (Fsp3) is 0.192. The molecule has 3 aromatic carbocycles. The van der Waals surface area contributed by atoms with E-state index in [2.05, 4.69) is 15.9 Å². The van der Waals surface area contributed by atoms with Gasteiger partial charge in [-0.3, -0.25) is 4.79 Å². The third-order valence-corrected chi connectivity index (χ3v) is 5.96. The number of fused-ring (bicyclic) bond motifs is 2. The van der Waals surface area contributed by atoms with Crippen molar-refractivity contribution in [1.82, 2.24) is 0 Å². The van der Waals surface area contributed by atoms with Gasteiger partial charge in [0.15, 0.2) is 12.6 Å². The van der Waals surface area contributed by atoms with Gasteiger partial charge in [0.2, 0.25) is 5.78 Å². The summed E-state index contributed by atoms with van der Waals surface area (Å²) in [7, 11) is 1.63. The number of allylic oxidation sites excluding steroid dienone is 1. The molecule has 0 spiro atoms. The lowest BCUT2D eigenvalue weighted by Gasteiger charge is -2.20. The Hall–Kier alpha value is -3.29. The van der Waals surface area contributed by atoms with Crippen LogP contribution < -0.4 is 18.9 Å². The second-order valence-corrected chi connectivity index (χ2v) is 8.70. The molecule has 0 radical (unpaired) electrons. The van der Waals surface area contributed by atoms with E-state index < -0.39 is 0 Å². The highest BCUT2D eigenvalue weighted by atomic mass is 79.9. The van der Waals surface area contributed by atoms with Crippen LogP contribution in [0.5, 0.6) is 23.0 Å². The maximum atomic E-state index is 13.1. The van der Waals surface area contributed by atoms with Gasteiger partial charge in [-0.1, -0.05) is 28.1 Å². The summed E-state index contributed by atoms with van der Waals surface area (Å²) >= 11 is 3.51. The Kier molecular flexibility index (Phi) is 5.83. The van der Waals surface area contributed by atoms with Crippen molar-refractivity contribution in [2.24, 2.45) is 0 Å². The van der Waals surface area contributed by atoms with Crippen LogP contribution in [0.4, 0.5) is 0 Å². The third-order valence-electron chi connectivity index (χ3n) is 5.50. The van der Waals surface area contributed by atoms with E-state index in [0.29, 0.717) is 36.0 Å². The summed E-state index contributed by atoms with van der Waals surface area (Å²) < 4.78 is 29.0. The maximum Gasteiger partial charge on any atom is 0.232 e. The van der Waals surface area contributed by atoms with Gasteiger partial charge < -0.3 is 23.7 Å². The van der Waals surface area contributed by atoms with Crippen molar-refractivity contribution < 1.29 is 28.5 Å². The minimum Gasteiger partial charge on any atom is -0.497 e. The van der Waals surface area contributed by atoms with Crippen molar-refractivity contribution in [3.8, 4) is 23.0 Å². The highest BCUT2D eigenvalue weighted by molar-refractivity contribution is 9.10. The number of ketones is 1. The molecule has 0 aliphatic carbocycles. The molecule has 2 heterocycles. The first kappa shape index (κ1) is 21.6. The van der Waals surface area contributed by atoms with E-state index >= 15 is 0 Å². The molecule has 5 rings (SSSR count). The van der Waals surface area contributed by atoms with Crippen molar-refractivity contribution in [3.05, 3.63) is 86.6 Å². The minimum absolute atomic E-state index is 0.162. The van der Waals surface area contributed by atoms with E-state index in [4.69, 9.17) is 23.7 Å². The normalized spacial score (nSPS) is 15.5. The van der Waals surface area contributed by atoms with E-state index in [1.807, 2.05) is 49.4 Å². The molecule has 2 aliphatic rings. The Morgan fingerprint density at radius 2 is 1.91 bits per heavy atom. The second kappa shape index (κ2) is 8.92. The molecule has 3 aromatic rings. The number of carbonyl (C=O) groups excluding carboxylic acids is 1. The van der Waals surface area contributed by atoms with Gasteiger partial charge in [-0.25, -0.2) is 0 Å². The first-order valence-electron chi connectivity index (χ1n) is 10.4. The summed E-state index contributed by atoms with van der Waals surface area (Å²) in [6.07, 6.45) is 1.72. The minimum atomic E-state index is -0.162. The number of methoxy groups -OCH3 is 1. The molecule has 0 saturated carbocycles. The molecule has 0 amide bonds. The summed E-state index contributed by atoms with van der Waals surface area (Å²) in [5.41, 5.74) is 4.02. The van der Waals surface area contributed by atoms with Crippen LogP contribution in [0.1, 0.15) is 32.6 Å². The van der Waals surface area contributed by atoms with Crippen LogP contribution in [0, 0.1) is 6.92 Å². The van der Waals surface area contributed by atoms with Crippen molar-refractivity contribution in [2.75, 3.05) is 13.9 Å². The van der Waals surface area contributed by atoms with Crippen LogP contribution in [0.3, 0.4) is 0 Å². The molecule has 33 heavy (non-hydrogen) atoms. The van der Waals surface area contributed by atoms with E-state index in [0.717, 1.165) is 32.5 Å². The van der Waals surface area contributed by atoms with Gasteiger partial charge in [0.05, 0.1) is 19.3 Å². The molecule has 7 heteroatoms. The largest absolute Gasteiger partial charge is 0.497 e. The topological polar surface area (TPSA) is 63.2 Å². The fourth-order valence-corrected chi connectivity index (χ4v) is 4.43. The van der Waals surface area contributed by atoms with E-state index in [-0.39, 0.29) is 18.3 Å². The highest BCUT2D eigenvalue weighted by Crippen LogP contribution is 2.39. The molecule has 0 saturated heterocycles. The van der Waals surface area contributed by atoms with E-state index in [1.54, 1.807) is 19.3 Å². The molecular weight excluding hydrogens is 488 g/mol. The molecule has 6 nitrogen and oxygen atoms in total. The van der Waals surface area contributed by atoms with E-state index in [9.17, 15) is 4.79 Å². The van der Waals surface area contributed by atoms with Crippen LogP contribution in [-0.2, 0) is 18.0 Å². The van der Waals surface area contributed by atoms with Gasteiger partial charge in [-0.05, 0) is 54.5 Å². The van der Waals surface area contributed by atoms with Gasteiger partial charge in [-0.2, -0.15) is 0 Å². The number of Topliss-reactive ketones (excluding diaryl/α,β-unsaturated/α-hetero) is 1. The quantitative estimate of drug-likeness (QED) is 0.404. The van der Waals surface area contributed by atoms with Crippen molar-refractivity contribution >= 4 is 27.8 Å². The Labute approximate surface area is 199 Å². The average molecular weight is 509 g/mol. The zero-order valence-electron chi connectivity index (χ0n) is 18.1. The number of ether oxygens (including phenoxy) is 5. The Morgan fingerprint density at radius 1 is 1.09 bits per heavy atom. The standard InChI is InChI=1S/C26H21BrO6/c1-15-7-21(31-12-16-3-5-20(29-2)6-4-16)11-22-24(15)25(28)23(33-22)10-17-8-19(27)9-18-13-30-14-32-26(17)18/h3-11H,12-14H2,1-2H3/b23-10-. The molecule has 2 aliphatic heterocycles. The molecular formula is C26H21BrO6. The summed E-state index contributed by atoms with van der Waals surface area (Å²) in [6.45, 7) is 2.90. The smallest absolute Gasteiger partial charge is 0.232 e. The Balaban J connectivity index is 1.39. The van der Waals surface area contributed by atoms with E-state index in [1.165, 1.54) is 0 Å². The molecule has 0 fully saturated rings. The van der Waals surface area contributed by atoms with Crippen LogP contribution in [-0.4, -0.2) is 19.7 Å². The van der Waals surface area contributed by atoms with Gasteiger partial charge in [-0.15, -0.1) is 0 Å². The lowest BCUT2D eigenvalue weighted by atomic mass is 10.0. The zero-order valence-corrected chi connectivity index (χ0v) is 19.7. The maximum absolute atomic E-state index is 13.1. The van der Waals surface area contributed by atoms with Gasteiger partial charge in [0.25, 0.3) is 0 Å². The fourth-order valence-electron chi connectivity index (χ4n) is 3.91. The molecule has 0 unspecified atom stereocenters. The molecule has 0 bridgehead atoms. The highest BCUT2D eigenvalue weighted by Gasteiger charge is 2.30. The summed E-state index contributed by atoms with van der Waals surface area (Å²) in [5, 5.41) is 0. The first-order valence-corrected chi connectivity index (χ1v) is 11.2. The predicted molar refractivity (Wildman–Crippen MR) is 126 cm³/mol. The summed E-state index contributed by atoms with van der Waals surface area (Å²) in [4.78, 5) is 13.1. The lowest BCUT2D eigenvalue weighted by molar-refractivity contribution is -0.0165. The molecule has 168 valence electrons. The summed E-state index contributed by atoms with van der Waals surface area (Å²) in [6, 6.07) is 15.1. The number of halogens is 1. The second-order valence-electron chi connectivity index (χ2n) is 7.78. The number of hydrogen-bond acceptors (Lipinski definition) is 6. The molecule has 0 aromatic heterocycles. The number of aryl methyl sites for hydroxylation is 1. The zero-order chi connectivity index (χ0) is 22.9. The third kappa shape index (κ3) is 4.34. The van der Waals surface area contributed by atoms with Crippen molar-refractivity contribution in [3.63, 3.8) is 0 Å². The van der Waals surface area contributed by atoms with Gasteiger partial charge in [0.1, 0.15) is 29.6 Å². The van der Waals surface area contributed by atoms with Crippen LogP contribution >= 0.6 is 15.9 Å². The number of carbonyl (C=O) groups is 1. The Bertz CT molecular complexity index is 1260. The number of benzene rings is 3. The number of rotatable bonds is 5. The van der Waals surface area contributed by atoms with Gasteiger partial charge in [0, 0.05) is 21.7 Å². The van der Waals surface area contributed by atoms with Gasteiger partial charge >= 0.3 is 0 Å². The van der Waals surface area contributed by atoms with Crippen molar-refractivity contribution in [1.29, 1.82) is 0 Å². The first-order chi connectivity index (χ1) is 16.0. The average Bonchev–Trinajstić information content (AvgIpc) is 3.13. The van der Waals surface area contributed by atoms with Crippen molar-refractivity contribution in [2.45, 2.75) is 20.1 Å². The predicted octanol–water partition coefficient (Wildman–Crippen LogP) is 5.83. The van der Waals surface area contributed by atoms with Crippen LogP contribution in [0.25, 0.3) is 6.08 Å². The van der Waals surface area contributed by atoms with Crippen LogP contribution in [0.15, 0.2) is 58.8 Å². The Morgan fingerprint density at radius 3 is 2.70 bits per heavy atom. The van der Waals surface area contributed by atoms with Crippen LogP contribution in [0.2, 0.25) is 0 Å². The molecule has 0 atom stereocenters. The number of hydrogen-bond donors (Lipinski definition) is 0. The monoisotopic (exact) mass is 508 g/mol. The SMILES string of the molecule is COc1ccc(COc2cc(C)c3c(c2)O/C(=C\c2cc(Br)cc4c2OCOC4)C3=O)cc1. The molecule has 0 N–H and O–H groups in total. The lowest BCUT2D eigenvalue weighted by Crippen LogP contribution is -2.12.